The Morgan fingerprint density at radius 1 is 1.04 bits per heavy atom. The van der Waals surface area contributed by atoms with Crippen LogP contribution in [-0.2, 0) is 27.1 Å². The fourth-order valence-electron chi connectivity index (χ4n) is 3.08. The predicted octanol–water partition coefficient (Wildman–Crippen LogP) is 1.67. The average Bonchev–Trinajstić information content (AvgIpc) is 3.07. The summed E-state index contributed by atoms with van der Waals surface area (Å²) in [6, 6.07) is 7.30. The summed E-state index contributed by atoms with van der Waals surface area (Å²) in [6.45, 7) is 2.88. The molecule has 1 saturated heterocycles. The van der Waals surface area contributed by atoms with E-state index in [4.69, 9.17) is 0 Å². The van der Waals surface area contributed by atoms with Gasteiger partial charge in [0.1, 0.15) is 9.79 Å². The molecule has 2 aromatic rings. The van der Waals surface area contributed by atoms with Crippen molar-refractivity contribution in [2.75, 3.05) is 24.4 Å². The molecule has 0 radical (unpaired) electrons. The number of benzene rings is 1. The maximum atomic E-state index is 13.1. The van der Waals surface area contributed by atoms with Gasteiger partial charge >= 0.3 is 0 Å². The molecule has 3 rings (SSSR count). The summed E-state index contributed by atoms with van der Waals surface area (Å²) < 4.78 is 56.4. The minimum atomic E-state index is -4.09. The van der Waals surface area contributed by atoms with Gasteiger partial charge in [0.2, 0.25) is 10.0 Å². The first-order chi connectivity index (χ1) is 12.6. The summed E-state index contributed by atoms with van der Waals surface area (Å²) in [5.74, 6) is 0.683. The minimum Gasteiger partial charge on any atom is -0.274 e. The highest BCUT2D eigenvalue weighted by molar-refractivity contribution is 7.94. The summed E-state index contributed by atoms with van der Waals surface area (Å²) in [5.41, 5.74) is 0. The molecule has 0 bridgehead atoms. The largest absolute Gasteiger partial charge is 0.274 e. The van der Waals surface area contributed by atoms with Crippen molar-refractivity contribution < 1.29 is 16.8 Å². The number of hydrogen-bond donors (Lipinski definition) is 0. The zero-order valence-corrected chi connectivity index (χ0v) is 17.2. The summed E-state index contributed by atoms with van der Waals surface area (Å²) >= 11 is 0. The molecule has 8 nitrogen and oxygen atoms in total. The van der Waals surface area contributed by atoms with E-state index in [1.807, 2.05) is 0 Å². The maximum Gasteiger partial charge on any atom is 0.266 e. The van der Waals surface area contributed by atoms with E-state index in [0.717, 1.165) is 17.1 Å². The van der Waals surface area contributed by atoms with Crippen LogP contribution in [0.15, 0.2) is 46.3 Å². The minimum absolute atomic E-state index is 0.192. The molecule has 0 unspecified atom stereocenters. The van der Waals surface area contributed by atoms with Gasteiger partial charge in [0.05, 0.1) is 0 Å². The van der Waals surface area contributed by atoms with Gasteiger partial charge < -0.3 is 0 Å². The zero-order chi connectivity index (χ0) is 19.8. The number of anilines is 1. The first-order valence-corrected chi connectivity index (χ1v) is 11.6. The van der Waals surface area contributed by atoms with Crippen molar-refractivity contribution in [2.45, 2.75) is 29.6 Å². The van der Waals surface area contributed by atoms with Crippen LogP contribution in [0.2, 0.25) is 0 Å². The molecule has 1 aliphatic rings. The Kier molecular flexibility index (Phi) is 5.33. The van der Waals surface area contributed by atoms with E-state index in [0.29, 0.717) is 19.0 Å². The van der Waals surface area contributed by atoms with Crippen LogP contribution in [0.4, 0.5) is 5.82 Å². The van der Waals surface area contributed by atoms with Crippen LogP contribution in [0, 0.1) is 5.92 Å². The van der Waals surface area contributed by atoms with Crippen molar-refractivity contribution in [3.8, 4) is 0 Å². The number of sulfonamides is 2. The summed E-state index contributed by atoms with van der Waals surface area (Å²) in [4.78, 5) is -0.431. The molecule has 0 aliphatic carbocycles. The molecule has 10 heteroatoms. The van der Waals surface area contributed by atoms with Crippen molar-refractivity contribution in [1.29, 1.82) is 0 Å². The highest BCUT2D eigenvalue weighted by Gasteiger charge is 2.35. The average molecular weight is 413 g/mol. The quantitative estimate of drug-likeness (QED) is 0.745. The lowest BCUT2D eigenvalue weighted by atomic mass is 10.0. The van der Waals surface area contributed by atoms with E-state index in [1.165, 1.54) is 34.2 Å². The van der Waals surface area contributed by atoms with Crippen molar-refractivity contribution >= 4 is 25.9 Å². The first kappa shape index (κ1) is 19.8. The fraction of sp³-hybridized carbons (Fsp3) is 0.471. The third-order valence-corrected chi connectivity index (χ3v) is 8.78. The fourth-order valence-corrected chi connectivity index (χ4v) is 6.47. The molecular formula is C17H24N4O4S2. The Bertz CT molecular complexity index is 1020. The number of aryl methyl sites for hydroxylation is 1. The monoisotopic (exact) mass is 412 g/mol. The molecule has 0 N–H and O–H groups in total. The first-order valence-electron chi connectivity index (χ1n) is 8.72. The molecule has 1 aliphatic heterocycles. The third kappa shape index (κ3) is 3.74. The van der Waals surface area contributed by atoms with Gasteiger partial charge in [0.15, 0.2) is 5.82 Å². The topological polar surface area (TPSA) is 92.6 Å². The Balaban J connectivity index is 2.03. The van der Waals surface area contributed by atoms with E-state index >= 15 is 0 Å². The van der Waals surface area contributed by atoms with Crippen LogP contribution in [0.1, 0.15) is 19.8 Å². The van der Waals surface area contributed by atoms with Crippen LogP contribution >= 0.6 is 0 Å². The molecule has 0 spiro atoms. The number of hydrogen-bond acceptors (Lipinski definition) is 5. The lowest BCUT2D eigenvalue weighted by molar-refractivity contribution is 0.287. The molecule has 27 heavy (non-hydrogen) atoms. The van der Waals surface area contributed by atoms with Gasteiger partial charge in [-0.05, 0) is 30.9 Å². The van der Waals surface area contributed by atoms with Crippen LogP contribution < -0.4 is 4.31 Å². The smallest absolute Gasteiger partial charge is 0.266 e. The second kappa shape index (κ2) is 7.25. The number of piperidine rings is 1. The van der Waals surface area contributed by atoms with E-state index < -0.39 is 20.0 Å². The van der Waals surface area contributed by atoms with Gasteiger partial charge in [-0.25, -0.2) is 16.8 Å². The second-order valence-electron chi connectivity index (χ2n) is 6.85. The normalized spacial score (nSPS) is 17.1. The molecule has 1 aromatic carbocycles. The van der Waals surface area contributed by atoms with Gasteiger partial charge in [-0.3, -0.25) is 8.99 Å². The molecule has 0 atom stereocenters. The predicted molar refractivity (Wildman–Crippen MR) is 102 cm³/mol. The maximum absolute atomic E-state index is 13.1. The van der Waals surface area contributed by atoms with Crippen LogP contribution in [0.25, 0.3) is 0 Å². The Morgan fingerprint density at radius 3 is 2.19 bits per heavy atom. The van der Waals surface area contributed by atoms with Crippen molar-refractivity contribution in [1.82, 2.24) is 14.1 Å². The van der Waals surface area contributed by atoms with E-state index in [-0.39, 0.29) is 15.6 Å². The van der Waals surface area contributed by atoms with Crippen molar-refractivity contribution in [2.24, 2.45) is 13.0 Å². The van der Waals surface area contributed by atoms with Crippen LogP contribution in [-0.4, -0.2) is 51.1 Å². The molecule has 1 aromatic heterocycles. The van der Waals surface area contributed by atoms with Gasteiger partial charge in [0.25, 0.3) is 10.0 Å². The number of aromatic nitrogens is 2. The highest BCUT2D eigenvalue weighted by Crippen LogP contribution is 2.30. The SMILES string of the molecule is CC1CCN(S(=O)(=O)c2ccccc2S(=O)(=O)N(C)c2ccn(C)n2)CC1. The molecule has 2 heterocycles. The number of nitrogens with zero attached hydrogens (tertiary/aromatic N) is 4. The highest BCUT2D eigenvalue weighted by atomic mass is 32.2. The van der Waals surface area contributed by atoms with Gasteiger partial charge in [-0.1, -0.05) is 19.1 Å². The van der Waals surface area contributed by atoms with E-state index in [9.17, 15) is 16.8 Å². The lowest BCUT2D eigenvalue weighted by Crippen LogP contribution is -2.39. The Hall–Kier alpha value is -1.91. The molecular weight excluding hydrogens is 388 g/mol. The van der Waals surface area contributed by atoms with Gasteiger partial charge in [-0.2, -0.15) is 9.40 Å². The van der Waals surface area contributed by atoms with E-state index in [1.54, 1.807) is 25.4 Å². The van der Waals surface area contributed by atoms with Crippen molar-refractivity contribution in [3.63, 3.8) is 0 Å². The second-order valence-corrected chi connectivity index (χ2v) is 10.7. The standard InChI is InChI=1S/C17H24N4O4S2/c1-14-8-12-21(13-9-14)27(24,25)16-7-5-4-6-15(16)26(22,23)20(3)17-10-11-19(2)18-17/h4-7,10-11,14H,8-9,12-13H2,1-3H3. The van der Waals surface area contributed by atoms with Crippen molar-refractivity contribution in [3.05, 3.63) is 36.5 Å². The molecule has 0 amide bonds. The Labute approximate surface area is 160 Å². The van der Waals surface area contributed by atoms with Crippen LogP contribution in [0.5, 0.6) is 0 Å². The lowest BCUT2D eigenvalue weighted by Gasteiger charge is -2.30. The van der Waals surface area contributed by atoms with Crippen LogP contribution in [0.3, 0.4) is 0 Å². The summed E-state index contributed by atoms with van der Waals surface area (Å²) in [6.07, 6.45) is 3.16. The zero-order valence-electron chi connectivity index (χ0n) is 15.6. The third-order valence-electron chi connectivity index (χ3n) is 4.87. The molecule has 148 valence electrons. The Morgan fingerprint density at radius 2 is 1.63 bits per heavy atom. The van der Waals surface area contributed by atoms with Gasteiger partial charge in [-0.15, -0.1) is 0 Å². The molecule has 0 saturated carbocycles. The summed E-state index contributed by atoms with van der Waals surface area (Å²) in [5, 5.41) is 4.10. The summed E-state index contributed by atoms with van der Waals surface area (Å²) in [7, 11) is -4.95. The number of rotatable bonds is 5. The molecule has 1 fully saturated rings. The van der Waals surface area contributed by atoms with Gasteiger partial charge in [0, 0.05) is 39.4 Å². The van der Waals surface area contributed by atoms with E-state index in [2.05, 4.69) is 12.0 Å².